The van der Waals surface area contributed by atoms with Gasteiger partial charge in [0.25, 0.3) is 0 Å². The molecule has 2 N–H and O–H groups in total. The Bertz CT molecular complexity index is 918. The Morgan fingerprint density at radius 3 is 2.44 bits per heavy atom. The lowest BCUT2D eigenvalue weighted by molar-refractivity contribution is -0.137. The number of carbonyl (C=O) groups is 1. The van der Waals surface area contributed by atoms with Crippen molar-refractivity contribution in [1.82, 2.24) is 14.9 Å². The van der Waals surface area contributed by atoms with Gasteiger partial charge in [-0.05, 0) is 56.3 Å². The van der Waals surface area contributed by atoms with Gasteiger partial charge >= 0.3 is 0 Å². The van der Waals surface area contributed by atoms with E-state index >= 15 is 0 Å². The van der Waals surface area contributed by atoms with Crippen LogP contribution in [0.25, 0.3) is 0 Å². The molecule has 2 atom stereocenters. The van der Waals surface area contributed by atoms with E-state index in [1.54, 1.807) is 6.33 Å². The molecule has 1 aliphatic carbocycles. The number of nitrogens with zero attached hydrogens (tertiary/aromatic N) is 4. The Morgan fingerprint density at radius 1 is 1.16 bits per heavy atom. The Kier molecular flexibility index (Phi) is 9.17. The first-order chi connectivity index (χ1) is 14.4. The molecule has 1 aromatic heterocycles. The Morgan fingerprint density at radius 2 is 1.81 bits per heavy atom. The fourth-order valence-electron chi connectivity index (χ4n) is 4.83. The molecule has 1 saturated heterocycles. The number of hydrogen-bond acceptors (Lipinski definition) is 5. The molecule has 1 aliphatic heterocycles. The molecular weight excluding hydrogens is 469 g/mol. The van der Waals surface area contributed by atoms with Crippen molar-refractivity contribution in [1.29, 1.82) is 0 Å². The van der Waals surface area contributed by atoms with Crippen LogP contribution in [0.4, 0.5) is 5.82 Å². The first-order valence-corrected chi connectivity index (χ1v) is 11.2. The molecule has 1 amide bonds. The second-order valence-corrected chi connectivity index (χ2v) is 9.09. The number of aryl methyl sites for hydroxylation is 1. The number of carbonyl (C=O) groups excluding carboxylic acids is 1. The van der Waals surface area contributed by atoms with Crippen molar-refractivity contribution in [3.63, 3.8) is 0 Å². The third kappa shape index (κ3) is 4.98. The topological polar surface area (TPSA) is 75.4 Å². The molecule has 2 aliphatic rings. The lowest BCUT2D eigenvalue weighted by atomic mass is 9.78. The van der Waals surface area contributed by atoms with Crippen LogP contribution in [0.5, 0.6) is 0 Å². The van der Waals surface area contributed by atoms with Crippen molar-refractivity contribution < 1.29 is 4.79 Å². The third-order valence-electron chi connectivity index (χ3n) is 6.72. The van der Waals surface area contributed by atoms with Gasteiger partial charge in [-0.15, -0.1) is 24.8 Å². The number of benzene rings is 1. The summed E-state index contributed by atoms with van der Waals surface area (Å²) in [6, 6.07) is 7.57. The van der Waals surface area contributed by atoms with Gasteiger partial charge in [-0.2, -0.15) is 0 Å². The highest BCUT2D eigenvalue weighted by atomic mass is 35.5. The molecule has 2 unspecified atom stereocenters. The minimum Gasteiger partial charge on any atom is -0.353 e. The first kappa shape index (κ1) is 26.7. The average Bonchev–Trinajstić information content (AvgIpc) is 3.15. The van der Waals surface area contributed by atoms with Gasteiger partial charge in [0.15, 0.2) is 0 Å². The highest BCUT2D eigenvalue weighted by Crippen LogP contribution is 2.37. The van der Waals surface area contributed by atoms with E-state index < -0.39 is 5.41 Å². The van der Waals surface area contributed by atoms with Crippen molar-refractivity contribution in [2.24, 2.45) is 5.73 Å². The lowest BCUT2D eigenvalue weighted by Gasteiger charge is -2.41. The second kappa shape index (κ2) is 11.0. The monoisotopic (exact) mass is 499 g/mol. The van der Waals surface area contributed by atoms with E-state index in [1.807, 2.05) is 36.1 Å². The van der Waals surface area contributed by atoms with Crippen molar-refractivity contribution in [2.75, 3.05) is 37.6 Å². The van der Waals surface area contributed by atoms with E-state index in [4.69, 9.17) is 17.3 Å². The van der Waals surface area contributed by atoms with E-state index in [2.05, 4.69) is 21.8 Å². The van der Waals surface area contributed by atoms with Crippen LogP contribution in [0.2, 0.25) is 5.02 Å². The Hall–Kier alpha value is -1.60. The van der Waals surface area contributed by atoms with Gasteiger partial charge in [0.2, 0.25) is 5.91 Å². The number of hydrogen-bond donors (Lipinski definition) is 1. The molecule has 0 saturated carbocycles. The minimum absolute atomic E-state index is 0. The van der Waals surface area contributed by atoms with E-state index in [0.717, 1.165) is 37.3 Å². The molecule has 9 heteroatoms. The predicted molar refractivity (Wildman–Crippen MR) is 135 cm³/mol. The summed E-state index contributed by atoms with van der Waals surface area (Å²) in [7, 11) is 0. The van der Waals surface area contributed by atoms with Crippen molar-refractivity contribution in [3.05, 3.63) is 52.4 Å². The summed E-state index contributed by atoms with van der Waals surface area (Å²) in [6.07, 6.45) is 4.45. The molecule has 0 bridgehead atoms. The number of nitrogens with two attached hydrogens (primary N) is 1. The fourth-order valence-corrected chi connectivity index (χ4v) is 4.95. The fraction of sp³-hybridized carbons (Fsp3) is 0.522. The standard InChI is InChI=1S/C23H30ClN5O.2ClH/c1-16-3-8-19-20(16)21(27-15-26-19)28-11-13-29(14-12-28)22(30)23(2,9-10-25)17-4-6-18(24)7-5-17;;/h4-7,15-16H,3,8-14,25H2,1-2H3;2*1H. The zero-order valence-corrected chi connectivity index (χ0v) is 21.0. The molecule has 6 nitrogen and oxygen atoms in total. The summed E-state index contributed by atoms with van der Waals surface area (Å²) in [5.74, 6) is 1.68. The van der Waals surface area contributed by atoms with Crippen LogP contribution in [0.3, 0.4) is 0 Å². The smallest absolute Gasteiger partial charge is 0.233 e. The molecule has 1 aromatic carbocycles. The van der Waals surface area contributed by atoms with Crippen molar-refractivity contribution in [2.45, 2.75) is 44.4 Å². The van der Waals surface area contributed by atoms with Crippen LogP contribution in [0.1, 0.15) is 49.4 Å². The number of rotatable bonds is 5. The lowest BCUT2D eigenvalue weighted by Crippen LogP contribution is -2.54. The molecular formula is C23H32Cl3N5O. The number of halogens is 3. The molecule has 2 heterocycles. The normalized spacial score (nSPS) is 19.4. The van der Waals surface area contributed by atoms with Crippen molar-refractivity contribution in [3.8, 4) is 0 Å². The zero-order chi connectivity index (χ0) is 21.3. The summed E-state index contributed by atoms with van der Waals surface area (Å²) in [4.78, 5) is 27.0. The molecule has 32 heavy (non-hydrogen) atoms. The van der Waals surface area contributed by atoms with Crippen LogP contribution >= 0.6 is 36.4 Å². The van der Waals surface area contributed by atoms with Gasteiger partial charge in [0, 0.05) is 42.5 Å². The average molecular weight is 501 g/mol. The molecule has 0 spiro atoms. The van der Waals surface area contributed by atoms with Gasteiger partial charge in [0.05, 0.1) is 5.41 Å². The highest BCUT2D eigenvalue weighted by Gasteiger charge is 2.39. The van der Waals surface area contributed by atoms with Crippen molar-refractivity contribution >= 4 is 48.1 Å². The zero-order valence-electron chi connectivity index (χ0n) is 18.6. The molecule has 1 fully saturated rings. The summed E-state index contributed by atoms with van der Waals surface area (Å²) in [5, 5.41) is 0.668. The van der Waals surface area contributed by atoms with Crippen LogP contribution in [0, 0.1) is 0 Å². The minimum atomic E-state index is -0.647. The molecule has 4 rings (SSSR count). The summed E-state index contributed by atoms with van der Waals surface area (Å²) >= 11 is 6.06. The highest BCUT2D eigenvalue weighted by molar-refractivity contribution is 6.30. The third-order valence-corrected chi connectivity index (χ3v) is 6.97. The van der Waals surface area contributed by atoms with Gasteiger partial charge < -0.3 is 15.5 Å². The summed E-state index contributed by atoms with van der Waals surface area (Å²) in [5.41, 5.74) is 8.69. The maximum absolute atomic E-state index is 13.6. The first-order valence-electron chi connectivity index (χ1n) is 10.8. The van der Waals surface area contributed by atoms with E-state index in [1.165, 1.54) is 11.3 Å². The number of fused-ring (bicyclic) bond motifs is 1. The van der Waals surface area contributed by atoms with Crippen LogP contribution in [-0.4, -0.2) is 53.5 Å². The summed E-state index contributed by atoms with van der Waals surface area (Å²) < 4.78 is 0. The van der Waals surface area contributed by atoms with E-state index in [0.29, 0.717) is 37.0 Å². The number of piperazine rings is 1. The maximum Gasteiger partial charge on any atom is 0.233 e. The van der Waals surface area contributed by atoms with Crippen LogP contribution in [0.15, 0.2) is 30.6 Å². The van der Waals surface area contributed by atoms with Gasteiger partial charge in [-0.1, -0.05) is 30.7 Å². The van der Waals surface area contributed by atoms with Gasteiger partial charge in [0.1, 0.15) is 12.1 Å². The van der Waals surface area contributed by atoms with E-state index in [9.17, 15) is 4.79 Å². The number of anilines is 1. The van der Waals surface area contributed by atoms with Crippen LogP contribution in [-0.2, 0) is 16.6 Å². The van der Waals surface area contributed by atoms with Crippen LogP contribution < -0.4 is 10.6 Å². The maximum atomic E-state index is 13.6. The quantitative estimate of drug-likeness (QED) is 0.672. The number of aromatic nitrogens is 2. The second-order valence-electron chi connectivity index (χ2n) is 8.65. The van der Waals surface area contributed by atoms with Gasteiger partial charge in [-0.25, -0.2) is 9.97 Å². The molecule has 0 radical (unpaired) electrons. The molecule has 2 aromatic rings. The van der Waals surface area contributed by atoms with Gasteiger partial charge in [-0.3, -0.25) is 4.79 Å². The SMILES string of the molecule is CC1CCc2ncnc(N3CCN(C(=O)C(C)(CCN)c4ccc(Cl)cc4)CC3)c21.Cl.Cl. The Labute approximate surface area is 207 Å². The number of amides is 1. The molecule has 176 valence electrons. The predicted octanol–water partition coefficient (Wildman–Crippen LogP) is 3.98. The van der Waals surface area contributed by atoms with E-state index in [-0.39, 0.29) is 30.7 Å². The largest absolute Gasteiger partial charge is 0.353 e. The Balaban J connectivity index is 0.00000181. The summed E-state index contributed by atoms with van der Waals surface area (Å²) in [6.45, 7) is 7.62.